The van der Waals surface area contributed by atoms with Crippen LogP contribution in [0.2, 0.25) is 0 Å². The molecule has 0 aliphatic rings. The van der Waals surface area contributed by atoms with Crippen LogP contribution in [-0.4, -0.2) is 31.9 Å². The fraction of sp³-hybridized carbons (Fsp3) is 0.300. The fourth-order valence-electron chi connectivity index (χ4n) is 2.92. The first-order valence-corrected chi connectivity index (χ1v) is 10.6. The molecule has 0 fully saturated rings. The van der Waals surface area contributed by atoms with Crippen LogP contribution in [0, 0.1) is 0 Å². The van der Waals surface area contributed by atoms with E-state index in [1.165, 1.54) is 30.3 Å². The number of aromatic carboxylic acids is 1. The molecule has 148 valence electrons. The summed E-state index contributed by atoms with van der Waals surface area (Å²) in [5, 5.41) is 9.28. The average Bonchev–Trinajstić information content (AvgIpc) is 2.66. The molecule has 1 N–H and O–H groups in total. The summed E-state index contributed by atoms with van der Waals surface area (Å²) in [6.45, 7) is 3.98. The highest BCUT2D eigenvalue weighted by molar-refractivity contribution is 7.91. The first-order chi connectivity index (χ1) is 13.3. The maximum absolute atomic E-state index is 13.0. The molecule has 28 heavy (non-hydrogen) atoms. The third-order valence-corrected chi connectivity index (χ3v) is 6.15. The summed E-state index contributed by atoms with van der Waals surface area (Å²) in [4.78, 5) is 24.2. The zero-order valence-electron chi connectivity index (χ0n) is 15.5. The highest BCUT2D eigenvalue weighted by atomic mass is 32.2. The molecule has 2 aromatic carbocycles. The highest BCUT2D eigenvalue weighted by Gasteiger charge is 2.21. The van der Waals surface area contributed by atoms with E-state index in [4.69, 9.17) is 14.3 Å². The van der Waals surface area contributed by atoms with Crippen molar-refractivity contribution in [1.29, 1.82) is 0 Å². The maximum atomic E-state index is 13.0. The number of carboxylic acids is 1. The van der Waals surface area contributed by atoms with E-state index in [2.05, 4.69) is 0 Å². The van der Waals surface area contributed by atoms with Gasteiger partial charge in [0.1, 0.15) is 5.58 Å². The number of benzene rings is 2. The first-order valence-electron chi connectivity index (χ1n) is 8.92. The third-order valence-electron chi connectivity index (χ3n) is 4.25. The van der Waals surface area contributed by atoms with Gasteiger partial charge in [-0.2, -0.15) is 0 Å². The molecular weight excluding hydrogens is 384 g/mol. The van der Waals surface area contributed by atoms with Crippen molar-refractivity contribution in [2.45, 2.75) is 31.6 Å². The van der Waals surface area contributed by atoms with Crippen LogP contribution in [0.1, 0.15) is 37.0 Å². The number of carbonyl (C=O) groups is 1. The highest BCUT2D eigenvalue weighted by Crippen LogP contribution is 2.31. The molecule has 0 bridgehead atoms. The van der Waals surface area contributed by atoms with Gasteiger partial charge in [-0.25, -0.2) is 13.2 Å². The molecule has 3 rings (SSSR count). The summed E-state index contributed by atoms with van der Waals surface area (Å²) in [6, 6.07) is 6.63. The van der Waals surface area contributed by atoms with Gasteiger partial charge in [0, 0.05) is 6.07 Å². The van der Waals surface area contributed by atoms with Gasteiger partial charge in [-0.1, -0.05) is 13.8 Å². The Balaban J connectivity index is 2.38. The van der Waals surface area contributed by atoms with Crippen LogP contribution >= 0.6 is 0 Å². The second-order valence-corrected chi connectivity index (χ2v) is 8.52. The number of hydrogen-bond acceptors (Lipinski definition) is 6. The van der Waals surface area contributed by atoms with Crippen LogP contribution < -0.4 is 10.2 Å². The molecule has 0 aliphatic carbocycles. The number of rotatable bonds is 7. The van der Waals surface area contributed by atoms with Crippen LogP contribution in [0.25, 0.3) is 21.9 Å². The standard InChI is InChI=1S/C20H20O7S/c1-3-7-26-17-11-13(28(24,25)8-4-2)10-15-18(21)14-9-12(20(22)23)5-6-16(14)27-19(15)17/h5-6,9-11H,3-4,7-8H2,1-2H3,(H,22,23). The smallest absolute Gasteiger partial charge is 0.335 e. The summed E-state index contributed by atoms with van der Waals surface area (Å²) >= 11 is 0. The summed E-state index contributed by atoms with van der Waals surface area (Å²) in [6.07, 6.45) is 1.12. The molecule has 7 nitrogen and oxygen atoms in total. The molecule has 0 amide bonds. The van der Waals surface area contributed by atoms with Gasteiger partial charge < -0.3 is 14.3 Å². The van der Waals surface area contributed by atoms with Crippen LogP contribution in [-0.2, 0) is 9.84 Å². The largest absolute Gasteiger partial charge is 0.490 e. The van der Waals surface area contributed by atoms with E-state index in [-0.39, 0.29) is 43.9 Å². The average molecular weight is 404 g/mol. The van der Waals surface area contributed by atoms with Gasteiger partial charge in [-0.15, -0.1) is 0 Å². The minimum absolute atomic E-state index is 0.0195. The predicted molar refractivity (Wildman–Crippen MR) is 105 cm³/mol. The molecule has 0 radical (unpaired) electrons. The summed E-state index contributed by atoms with van der Waals surface area (Å²) in [5.41, 5.74) is -0.219. The molecular formula is C20H20O7S. The van der Waals surface area contributed by atoms with E-state index in [1.807, 2.05) is 6.92 Å². The molecule has 0 saturated carbocycles. The lowest BCUT2D eigenvalue weighted by atomic mass is 10.1. The fourth-order valence-corrected chi connectivity index (χ4v) is 4.28. The lowest BCUT2D eigenvalue weighted by Gasteiger charge is -2.12. The molecule has 0 atom stereocenters. The quantitative estimate of drug-likeness (QED) is 0.599. The van der Waals surface area contributed by atoms with E-state index >= 15 is 0 Å². The van der Waals surface area contributed by atoms with Crippen molar-refractivity contribution >= 4 is 37.7 Å². The molecule has 0 saturated heterocycles. The Morgan fingerprint density at radius 3 is 2.50 bits per heavy atom. The van der Waals surface area contributed by atoms with E-state index in [0.717, 1.165) is 0 Å². The first kappa shape index (κ1) is 19.9. The van der Waals surface area contributed by atoms with Gasteiger partial charge in [0.25, 0.3) is 0 Å². The molecule has 8 heteroatoms. The minimum atomic E-state index is -3.60. The lowest BCUT2D eigenvalue weighted by Crippen LogP contribution is -2.10. The van der Waals surface area contributed by atoms with Gasteiger partial charge in [-0.3, -0.25) is 4.79 Å². The second kappa shape index (κ2) is 7.63. The van der Waals surface area contributed by atoms with E-state index < -0.39 is 21.2 Å². The van der Waals surface area contributed by atoms with Crippen molar-refractivity contribution in [2.75, 3.05) is 12.4 Å². The Labute approximate surface area is 161 Å². The SMILES string of the molecule is CCCOc1cc(S(=O)(=O)CCC)cc2c(=O)c3cc(C(=O)O)ccc3oc12. The van der Waals surface area contributed by atoms with Gasteiger partial charge in [0.2, 0.25) is 5.43 Å². The zero-order chi connectivity index (χ0) is 20.5. The van der Waals surface area contributed by atoms with E-state index in [1.54, 1.807) is 6.92 Å². The summed E-state index contributed by atoms with van der Waals surface area (Å²) in [7, 11) is -3.60. The van der Waals surface area contributed by atoms with Crippen molar-refractivity contribution in [3.63, 3.8) is 0 Å². The molecule has 0 unspecified atom stereocenters. The third kappa shape index (κ3) is 3.60. The van der Waals surface area contributed by atoms with E-state index in [0.29, 0.717) is 19.4 Å². The van der Waals surface area contributed by atoms with Gasteiger partial charge in [0.05, 0.1) is 33.6 Å². The van der Waals surface area contributed by atoms with Crippen molar-refractivity contribution in [2.24, 2.45) is 0 Å². The minimum Gasteiger partial charge on any atom is -0.490 e. The Morgan fingerprint density at radius 1 is 1.11 bits per heavy atom. The number of ether oxygens (including phenoxy) is 1. The van der Waals surface area contributed by atoms with Crippen LogP contribution in [0.5, 0.6) is 5.75 Å². The Kier molecular flexibility index (Phi) is 5.42. The van der Waals surface area contributed by atoms with E-state index in [9.17, 15) is 18.0 Å². The van der Waals surface area contributed by atoms with Crippen LogP contribution in [0.15, 0.2) is 44.4 Å². The zero-order valence-corrected chi connectivity index (χ0v) is 16.3. The Hall–Kier alpha value is -2.87. The van der Waals surface area contributed by atoms with Gasteiger partial charge >= 0.3 is 5.97 Å². The topological polar surface area (TPSA) is 111 Å². The maximum Gasteiger partial charge on any atom is 0.335 e. The van der Waals surface area contributed by atoms with Gasteiger partial charge in [-0.05, 0) is 37.1 Å². The van der Waals surface area contributed by atoms with Crippen molar-refractivity contribution in [1.82, 2.24) is 0 Å². The normalized spacial score (nSPS) is 11.8. The van der Waals surface area contributed by atoms with Crippen LogP contribution in [0.3, 0.4) is 0 Å². The Bertz CT molecular complexity index is 1220. The van der Waals surface area contributed by atoms with Crippen molar-refractivity contribution in [3.05, 3.63) is 46.1 Å². The molecule has 1 aromatic heterocycles. The summed E-state index contributed by atoms with van der Waals surface area (Å²) < 4.78 is 36.6. The number of fused-ring (bicyclic) bond motifs is 2. The monoisotopic (exact) mass is 404 g/mol. The molecule has 1 heterocycles. The predicted octanol–water partition coefficient (Wildman–Crippen LogP) is 3.62. The second-order valence-electron chi connectivity index (χ2n) is 6.41. The number of sulfone groups is 1. The van der Waals surface area contributed by atoms with Crippen LogP contribution in [0.4, 0.5) is 0 Å². The van der Waals surface area contributed by atoms with Crippen molar-refractivity contribution < 1.29 is 27.5 Å². The Morgan fingerprint density at radius 2 is 1.86 bits per heavy atom. The lowest BCUT2D eigenvalue weighted by molar-refractivity contribution is 0.0697. The molecule has 0 aliphatic heterocycles. The summed E-state index contributed by atoms with van der Waals surface area (Å²) in [5.74, 6) is -1.06. The van der Waals surface area contributed by atoms with Gasteiger partial charge in [0.15, 0.2) is 21.2 Å². The molecule has 3 aromatic rings. The number of carboxylic acid groups (broad SMARTS) is 1. The number of hydrogen-bond donors (Lipinski definition) is 1. The van der Waals surface area contributed by atoms with Crippen molar-refractivity contribution in [3.8, 4) is 5.75 Å². The molecule has 0 spiro atoms.